The van der Waals surface area contributed by atoms with Crippen LogP contribution in [0.1, 0.15) is 44.9 Å². The molecule has 3 aromatic heterocycles. The third-order valence-corrected chi connectivity index (χ3v) is 5.53. The Balaban J connectivity index is 1.74. The fourth-order valence-electron chi connectivity index (χ4n) is 3.93. The summed E-state index contributed by atoms with van der Waals surface area (Å²) < 4.78 is 5.35. The lowest BCUT2D eigenvalue weighted by atomic mass is 9.95. The van der Waals surface area contributed by atoms with Crippen molar-refractivity contribution in [3.05, 3.63) is 35.9 Å². The van der Waals surface area contributed by atoms with Crippen molar-refractivity contribution in [3.63, 3.8) is 0 Å². The average Bonchev–Trinajstić information content (AvgIpc) is 3.17. The summed E-state index contributed by atoms with van der Waals surface area (Å²) in [7, 11) is 1.55. The fraction of sp³-hybridized carbons (Fsp3) is 0.409. The summed E-state index contributed by atoms with van der Waals surface area (Å²) in [6, 6.07) is 4.27. The van der Waals surface area contributed by atoms with Crippen molar-refractivity contribution >= 4 is 28.2 Å². The highest BCUT2D eigenvalue weighted by Gasteiger charge is 2.25. The summed E-state index contributed by atoms with van der Waals surface area (Å²) in [5, 5.41) is 24.7. The number of nitrogens with zero attached hydrogens (tertiary/aromatic N) is 6. The smallest absolute Gasteiger partial charge is 0.222 e. The molecule has 1 aliphatic heterocycles. The number of methoxy groups -OCH3 is 1. The SMILES string of the molecule is COc1ncc(C(C)(C)O)c2cc(Nc3cnc(C#N)c(N4CCC[C@@H]4C)n3)ncc12. The molecule has 0 unspecified atom stereocenters. The highest BCUT2D eigenvalue weighted by atomic mass is 16.5. The number of ether oxygens (including phenoxy) is 1. The molecule has 0 radical (unpaired) electrons. The van der Waals surface area contributed by atoms with Gasteiger partial charge in [-0.2, -0.15) is 5.26 Å². The third-order valence-electron chi connectivity index (χ3n) is 5.53. The number of hydrogen-bond acceptors (Lipinski definition) is 9. The topological polar surface area (TPSA) is 120 Å². The molecule has 31 heavy (non-hydrogen) atoms. The Morgan fingerprint density at radius 2 is 2.00 bits per heavy atom. The number of pyridine rings is 2. The van der Waals surface area contributed by atoms with Crippen LogP contribution < -0.4 is 15.0 Å². The van der Waals surface area contributed by atoms with Gasteiger partial charge in [0.25, 0.3) is 0 Å². The van der Waals surface area contributed by atoms with Gasteiger partial charge in [0.2, 0.25) is 5.88 Å². The monoisotopic (exact) mass is 419 g/mol. The molecule has 0 aliphatic carbocycles. The molecule has 0 spiro atoms. The Morgan fingerprint density at radius 3 is 2.65 bits per heavy atom. The first-order valence-electron chi connectivity index (χ1n) is 10.2. The highest BCUT2D eigenvalue weighted by molar-refractivity contribution is 5.91. The Morgan fingerprint density at radius 1 is 1.19 bits per heavy atom. The molecule has 4 rings (SSSR count). The van der Waals surface area contributed by atoms with E-state index in [9.17, 15) is 10.4 Å². The third kappa shape index (κ3) is 3.94. The van der Waals surface area contributed by atoms with E-state index in [2.05, 4.69) is 43.1 Å². The summed E-state index contributed by atoms with van der Waals surface area (Å²) in [5.41, 5.74) is -0.124. The first-order valence-corrected chi connectivity index (χ1v) is 10.2. The van der Waals surface area contributed by atoms with Crippen molar-refractivity contribution in [1.82, 2.24) is 19.9 Å². The quantitative estimate of drug-likeness (QED) is 0.642. The van der Waals surface area contributed by atoms with Gasteiger partial charge in [-0.05, 0) is 45.1 Å². The van der Waals surface area contributed by atoms with Gasteiger partial charge in [0.15, 0.2) is 17.3 Å². The van der Waals surface area contributed by atoms with E-state index in [1.54, 1.807) is 33.4 Å². The lowest BCUT2D eigenvalue weighted by Gasteiger charge is -2.23. The molecule has 2 N–H and O–H groups in total. The maximum atomic E-state index is 10.6. The van der Waals surface area contributed by atoms with Crippen molar-refractivity contribution in [2.45, 2.75) is 45.3 Å². The van der Waals surface area contributed by atoms with E-state index in [1.807, 2.05) is 6.07 Å². The van der Waals surface area contributed by atoms with Crippen LogP contribution in [0.5, 0.6) is 5.88 Å². The minimum Gasteiger partial charge on any atom is -0.481 e. The number of anilines is 3. The van der Waals surface area contributed by atoms with E-state index >= 15 is 0 Å². The Labute approximate surface area is 180 Å². The van der Waals surface area contributed by atoms with Crippen molar-refractivity contribution in [1.29, 1.82) is 5.26 Å². The Bertz CT molecular complexity index is 1170. The molecule has 1 aliphatic rings. The molecule has 1 fully saturated rings. The zero-order valence-corrected chi connectivity index (χ0v) is 18.0. The van der Waals surface area contributed by atoms with Crippen molar-refractivity contribution in [3.8, 4) is 11.9 Å². The molecule has 1 atom stereocenters. The van der Waals surface area contributed by atoms with Gasteiger partial charge in [0.05, 0.1) is 24.3 Å². The molecule has 0 bridgehead atoms. The number of aliphatic hydroxyl groups is 1. The summed E-state index contributed by atoms with van der Waals surface area (Å²) in [6.45, 7) is 6.39. The van der Waals surface area contributed by atoms with Crippen molar-refractivity contribution < 1.29 is 9.84 Å². The summed E-state index contributed by atoms with van der Waals surface area (Å²) in [6.07, 6.45) is 6.91. The summed E-state index contributed by atoms with van der Waals surface area (Å²) >= 11 is 0. The largest absolute Gasteiger partial charge is 0.481 e. The normalized spacial score (nSPS) is 16.4. The van der Waals surface area contributed by atoms with Gasteiger partial charge >= 0.3 is 0 Å². The number of hydrogen-bond donors (Lipinski definition) is 2. The maximum absolute atomic E-state index is 10.6. The molecular formula is C22H25N7O2. The lowest BCUT2D eigenvalue weighted by Crippen LogP contribution is -2.28. The summed E-state index contributed by atoms with van der Waals surface area (Å²) in [5.74, 6) is 2.04. The molecule has 9 nitrogen and oxygen atoms in total. The molecule has 0 amide bonds. The predicted octanol–water partition coefficient (Wildman–Crippen LogP) is 3.26. The van der Waals surface area contributed by atoms with E-state index in [-0.39, 0.29) is 0 Å². The number of aromatic nitrogens is 4. The molecular weight excluding hydrogens is 394 g/mol. The lowest BCUT2D eigenvalue weighted by molar-refractivity contribution is 0.0798. The minimum atomic E-state index is -1.09. The molecule has 4 heterocycles. The van der Waals surface area contributed by atoms with Crippen LogP contribution in [0, 0.1) is 11.3 Å². The van der Waals surface area contributed by atoms with Crippen LogP contribution in [0.4, 0.5) is 17.5 Å². The molecule has 0 aromatic carbocycles. The van der Waals surface area contributed by atoms with Gasteiger partial charge in [-0.15, -0.1) is 0 Å². The number of rotatable bonds is 5. The van der Waals surface area contributed by atoms with Gasteiger partial charge in [0, 0.05) is 30.5 Å². The van der Waals surface area contributed by atoms with Gasteiger partial charge in [-0.3, -0.25) is 0 Å². The van der Waals surface area contributed by atoms with E-state index in [1.165, 1.54) is 6.20 Å². The van der Waals surface area contributed by atoms with Gasteiger partial charge in [0.1, 0.15) is 11.9 Å². The molecule has 0 saturated carbocycles. The number of nitrogens with one attached hydrogen (secondary N) is 1. The number of fused-ring (bicyclic) bond motifs is 1. The van der Waals surface area contributed by atoms with Gasteiger partial charge < -0.3 is 20.1 Å². The molecule has 9 heteroatoms. The van der Waals surface area contributed by atoms with Crippen LogP contribution in [0.3, 0.4) is 0 Å². The Kier molecular flexibility index (Phi) is 5.33. The van der Waals surface area contributed by atoms with Crippen LogP contribution in [-0.2, 0) is 5.60 Å². The van der Waals surface area contributed by atoms with Crippen LogP contribution in [0.2, 0.25) is 0 Å². The second-order valence-electron chi connectivity index (χ2n) is 8.20. The van der Waals surface area contributed by atoms with Crippen LogP contribution in [0.25, 0.3) is 10.8 Å². The molecule has 160 valence electrons. The zero-order valence-electron chi connectivity index (χ0n) is 18.0. The first-order chi connectivity index (χ1) is 14.8. The van der Waals surface area contributed by atoms with Crippen molar-refractivity contribution in [2.75, 3.05) is 23.9 Å². The van der Waals surface area contributed by atoms with E-state index in [4.69, 9.17) is 4.74 Å². The summed E-state index contributed by atoms with van der Waals surface area (Å²) in [4.78, 5) is 19.8. The highest BCUT2D eigenvalue weighted by Crippen LogP contribution is 2.34. The van der Waals surface area contributed by atoms with Crippen LogP contribution in [-0.4, -0.2) is 44.7 Å². The van der Waals surface area contributed by atoms with E-state index in [0.29, 0.717) is 46.0 Å². The molecule has 1 saturated heterocycles. The standard InChI is InChI=1S/C22H25N7O2/c1-13-6-5-7-29(13)20-17(9-23)24-12-19(28-20)27-18-8-14-15(10-25-18)21(31-4)26-11-16(14)22(2,3)30/h8,10-13,30H,5-7H2,1-4H3,(H,25,27,28)/t13-/m0/s1. The van der Waals surface area contributed by atoms with Gasteiger partial charge in [-0.25, -0.2) is 19.9 Å². The van der Waals surface area contributed by atoms with E-state index < -0.39 is 5.60 Å². The van der Waals surface area contributed by atoms with E-state index in [0.717, 1.165) is 24.8 Å². The minimum absolute atomic E-state index is 0.310. The van der Waals surface area contributed by atoms with Gasteiger partial charge in [-0.1, -0.05) is 0 Å². The second-order valence-corrected chi connectivity index (χ2v) is 8.20. The predicted molar refractivity (Wildman–Crippen MR) is 117 cm³/mol. The number of nitriles is 1. The average molecular weight is 419 g/mol. The Hall–Kier alpha value is -3.51. The van der Waals surface area contributed by atoms with Crippen molar-refractivity contribution in [2.24, 2.45) is 0 Å². The maximum Gasteiger partial charge on any atom is 0.222 e. The van der Waals surface area contributed by atoms with Crippen LogP contribution in [0.15, 0.2) is 24.7 Å². The molecule has 3 aromatic rings. The van der Waals surface area contributed by atoms with Crippen LogP contribution >= 0.6 is 0 Å². The second kappa shape index (κ2) is 7.96. The fourth-order valence-corrected chi connectivity index (χ4v) is 3.93. The first kappa shape index (κ1) is 20.8. The zero-order chi connectivity index (χ0) is 22.2.